The molecule has 0 saturated carbocycles. The third-order valence-corrected chi connectivity index (χ3v) is 3.88. The number of carbonyl (C=O) groups excluding carboxylic acids is 2. The van der Waals surface area contributed by atoms with Crippen LogP contribution in [0.4, 0.5) is 5.69 Å². The summed E-state index contributed by atoms with van der Waals surface area (Å²) in [5, 5.41) is 0. The van der Waals surface area contributed by atoms with E-state index in [1.165, 1.54) is 18.2 Å². The summed E-state index contributed by atoms with van der Waals surface area (Å²) in [6.07, 6.45) is 3.76. The Bertz CT molecular complexity index is 569. The van der Waals surface area contributed by atoms with Crippen LogP contribution in [0.15, 0.2) is 18.2 Å². The zero-order valence-corrected chi connectivity index (χ0v) is 15.4. The maximum atomic E-state index is 12.3. The standard InChI is InChI=1S/C19H30N2O4/c1-4-6-15(7-5-2)25-18(22)14-8-9-16(17(21)12-14)19(23)24-13(3)10-11-20/h8-9,12-13,15H,4-7,10-11,20-21H2,1-3H3. The molecule has 1 aromatic carbocycles. The number of carbonyl (C=O) groups is 2. The third-order valence-electron chi connectivity index (χ3n) is 3.88. The SMILES string of the molecule is CCCC(CCC)OC(=O)c1ccc(C(=O)OC(C)CCN)c(N)c1. The number of nitrogens with two attached hydrogens (primary N) is 2. The number of ether oxygens (including phenoxy) is 2. The van der Waals surface area contributed by atoms with E-state index in [-0.39, 0.29) is 23.5 Å². The van der Waals surface area contributed by atoms with Crippen LogP contribution in [0.2, 0.25) is 0 Å². The van der Waals surface area contributed by atoms with Gasteiger partial charge in [-0.25, -0.2) is 9.59 Å². The van der Waals surface area contributed by atoms with Gasteiger partial charge in [-0.05, 0) is 50.9 Å². The molecule has 4 N–H and O–H groups in total. The van der Waals surface area contributed by atoms with Gasteiger partial charge in [-0.1, -0.05) is 26.7 Å². The van der Waals surface area contributed by atoms with Crippen LogP contribution in [0.3, 0.4) is 0 Å². The highest BCUT2D eigenvalue weighted by Gasteiger charge is 2.19. The van der Waals surface area contributed by atoms with Crippen molar-refractivity contribution in [2.75, 3.05) is 12.3 Å². The third kappa shape index (κ3) is 6.74. The fourth-order valence-electron chi connectivity index (χ4n) is 2.54. The van der Waals surface area contributed by atoms with Gasteiger partial charge in [0.05, 0.1) is 11.1 Å². The van der Waals surface area contributed by atoms with Crippen molar-refractivity contribution >= 4 is 17.6 Å². The van der Waals surface area contributed by atoms with Crippen LogP contribution in [-0.4, -0.2) is 30.7 Å². The molecule has 6 nitrogen and oxygen atoms in total. The molecule has 0 fully saturated rings. The van der Waals surface area contributed by atoms with E-state index in [9.17, 15) is 9.59 Å². The first-order valence-corrected chi connectivity index (χ1v) is 8.94. The van der Waals surface area contributed by atoms with E-state index in [1.807, 2.05) is 0 Å². The normalized spacial score (nSPS) is 12.0. The Morgan fingerprint density at radius 3 is 2.20 bits per heavy atom. The Hall–Kier alpha value is -2.08. The Morgan fingerprint density at radius 1 is 1.04 bits per heavy atom. The zero-order chi connectivity index (χ0) is 18.8. The summed E-state index contributed by atoms with van der Waals surface area (Å²) in [5.74, 6) is -0.941. The van der Waals surface area contributed by atoms with Gasteiger partial charge in [0, 0.05) is 5.69 Å². The second-order valence-corrected chi connectivity index (χ2v) is 6.20. The number of hydrogen-bond donors (Lipinski definition) is 2. The predicted octanol–water partition coefficient (Wildman–Crippen LogP) is 3.29. The van der Waals surface area contributed by atoms with E-state index in [2.05, 4.69) is 13.8 Å². The minimum Gasteiger partial charge on any atom is -0.459 e. The highest BCUT2D eigenvalue weighted by molar-refractivity contribution is 5.98. The van der Waals surface area contributed by atoms with E-state index in [1.54, 1.807) is 6.92 Å². The molecule has 0 spiro atoms. The highest BCUT2D eigenvalue weighted by Crippen LogP contribution is 2.19. The molecule has 0 aliphatic carbocycles. The second-order valence-electron chi connectivity index (χ2n) is 6.20. The van der Waals surface area contributed by atoms with Gasteiger partial charge < -0.3 is 20.9 Å². The lowest BCUT2D eigenvalue weighted by molar-refractivity contribution is 0.0255. The van der Waals surface area contributed by atoms with Crippen molar-refractivity contribution in [1.82, 2.24) is 0 Å². The molecule has 1 atom stereocenters. The maximum Gasteiger partial charge on any atom is 0.340 e. The molecule has 0 saturated heterocycles. The largest absolute Gasteiger partial charge is 0.459 e. The summed E-state index contributed by atoms with van der Waals surface area (Å²) >= 11 is 0. The number of nitrogen functional groups attached to an aromatic ring is 1. The topological polar surface area (TPSA) is 105 Å². The van der Waals surface area contributed by atoms with Gasteiger partial charge in [-0.3, -0.25) is 0 Å². The first-order chi connectivity index (χ1) is 11.9. The van der Waals surface area contributed by atoms with Crippen LogP contribution >= 0.6 is 0 Å². The predicted molar refractivity (Wildman–Crippen MR) is 98.4 cm³/mol. The maximum absolute atomic E-state index is 12.3. The molecule has 0 amide bonds. The molecular weight excluding hydrogens is 320 g/mol. The number of rotatable bonds is 10. The lowest BCUT2D eigenvalue weighted by Gasteiger charge is -2.17. The van der Waals surface area contributed by atoms with Crippen LogP contribution in [-0.2, 0) is 9.47 Å². The van der Waals surface area contributed by atoms with Gasteiger partial charge >= 0.3 is 11.9 Å². The summed E-state index contributed by atoms with van der Waals surface area (Å²) in [7, 11) is 0. The van der Waals surface area contributed by atoms with Crippen molar-refractivity contribution in [2.24, 2.45) is 5.73 Å². The number of esters is 2. The quantitative estimate of drug-likeness (QED) is 0.495. The van der Waals surface area contributed by atoms with E-state index in [0.717, 1.165) is 25.7 Å². The number of benzene rings is 1. The molecule has 1 rings (SSSR count). The molecule has 25 heavy (non-hydrogen) atoms. The lowest BCUT2D eigenvalue weighted by atomic mass is 10.1. The van der Waals surface area contributed by atoms with Crippen molar-refractivity contribution in [3.63, 3.8) is 0 Å². The first-order valence-electron chi connectivity index (χ1n) is 8.94. The van der Waals surface area contributed by atoms with Crippen molar-refractivity contribution in [1.29, 1.82) is 0 Å². The van der Waals surface area contributed by atoms with Crippen LogP contribution in [0.1, 0.15) is 73.6 Å². The van der Waals surface area contributed by atoms with Gasteiger partial charge in [0.2, 0.25) is 0 Å². The minimum atomic E-state index is -0.520. The molecular formula is C19H30N2O4. The summed E-state index contributed by atoms with van der Waals surface area (Å²) in [5.41, 5.74) is 12.1. The smallest absolute Gasteiger partial charge is 0.340 e. The Morgan fingerprint density at radius 2 is 1.68 bits per heavy atom. The van der Waals surface area contributed by atoms with E-state index < -0.39 is 11.9 Å². The molecule has 6 heteroatoms. The average molecular weight is 350 g/mol. The minimum absolute atomic E-state index is 0.0921. The molecule has 0 aromatic heterocycles. The van der Waals surface area contributed by atoms with Crippen LogP contribution in [0.25, 0.3) is 0 Å². The van der Waals surface area contributed by atoms with Gasteiger partial charge in [0.25, 0.3) is 0 Å². The Kier molecular flexibility index (Phi) is 8.99. The first kappa shape index (κ1) is 21.0. The van der Waals surface area contributed by atoms with E-state index in [0.29, 0.717) is 18.5 Å². The summed E-state index contributed by atoms with van der Waals surface area (Å²) < 4.78 is 10.8. The van der Waals surface area contributed by atoms with Gasteiger partial charge in [-0.2, -0.15) is 0 Å². The Labute approximate surface area is 149 Å². The van der Waals surface area contributed by atoms with Crippen molar-refractivity contribution in [3.8, 4) is 0 Å². The Balaban J connectivity index is 2.79. The molecule has 0 aliphatic rings. The summed E-state index contributed by atoms with van der Waals surface area (Å²) in [6, 6.07) is 4.50. The zero-order valence-electron chi connectivity index (χ0n) is 15.4. The molecule has 1 unspecified atom stereocenters. The highest BCUT2D eigenvalue weighted by atomic mass is 16.5. The van der Waals surface area contributed by atoms with Gasteiger partial charge in [0.15, 0.2) is 0 Å². The lowest BCUT2D eigenvalue weighted by Crippen LogP contribution is -2.20. The molecule has 0 heterocycles. The van der Waals surface area contributed by atoms with Crippen molar-refractivity contribution in [2.45, 2.75) is 65.1 Å². The fraction of sp³-hybridized carbons (Fsp3) is 0.579. The molecule has 0 radical (unpaired) electrons. The summed E-state index contributed by atoms with van der Waals surface area (Å²) in [4.78, 5) is 24.4. The summed E-state index contributed by atoms with van der Waals surface area (Å²) in [6.45, 7) is 6.32. The van der Waals surface area contributed by atoms with Crippen molar-refractivity contribution < 1.29 is 19.1 Å². The average Bonchev–Trinajstić information content (AvgIpc) is 2.55. The fourth-order valence-corrected chi connectivity index (χ4v) is 2.54. The monoisotopic (exact) mass is 350 g/mol. The second kappa shape index (κ2) is 10.7. The number of anilines is 1. The van der Waals surface area contributed by atoms with E-state index in [4.69, 9.17) is 20.9 Å². The number of hydrogen-bond acceptors (Lipinski definition) is 6. The van der Waals surface area contributed by atoms with Crippen LogP contribution in [0.5, 0.6) is 0 Å². The molecule has 0 aliphatic heterocycles. The van der Waals surface area contributed by atoms with Crippen LogP contribution < -0.4 is 11.5 Å². The van der Waals surface area contributed by atoms with Gasteiger partial charge in [0.1, 0.15) is 12.2 Å². The molecule has 0 bridgehead atoms. The van der Waals surface area contributed by atoms with Crippen LogP contribution in [0, 0.1) is 0 Å². The van der Waals surface area contributed by atoms with E-state index >= 15 is 0 Å². The molecule has 140 valence electrons. The van der Waals surface area contributed by atoms with Crippen molar-refractivity contribution in [3.05, 3.63) is 29.3 Å². The molecule has 1 aromatic rings. The van der Waals surface area contributed by atoms with Gasteiger partial charge in [-0.15, -0.1) is 0 Å².